The lowest BCUT2D eigenvalue weighted by atomic mass is 10.0. The molecule has 0 aliphatic heterocycles. The van der Waals surface area contributed by atoms with E-state index in [9.17, 15) is 0 Å². The van der Waals surface area contributed by atoms with Crippen molar-refractivity contribution < 1.29 is 0 Å². The summed E-state index contributed by atoms with van der Waals surface area (Å²) in [6.45, 7) is 13.6. The van der Waals surface area contributed by atoms with Gasteiger partial charge in [-0.2, -0.15) is 0 Å². The molecule has 1 N–H and O–H groups in total. The molecule has 2 aromatic heterocycles. The van der Waals surface area contributed by atoms with Gasteiger partial charge in [0.05, 0.1) is 12.5 Å². The van der Waals surface area contributed by atoms with Gasteiger partial charge in [-0.15, -0.1) is 0 Å². The minimum Gasteiger partial charge on any atom is -0.370 e. The van der Waals surface area contributed by atoms with Gasteiger partial charge in [0.1, 0.15) is 11.5 Å². The molecule has 114 valence electrons. The van der Waals surface area contributed by atoms with Gasteiger partial charge in [0.2, 0.25) is 0 Å². The number of aryl methyl sites for hydroxylation is 1. The van der Waals surface area contributed by atoms with Crippen molar-refractivity contribution in [3.05, 3.63) is 23.8 Å². The van der Waals surface area contributed by atoms with E-state index in [4.69, 9.17) is 9.97 Å². The number of nitrogens with one attached hydrogen (secondary N) is 1. The molecular weight excluding hydrogens is 262 g/mol. The van der Waals surface area contributed by atoms with Crippen LogP contribution in [0.25, 0.3) is 11.5 Å². The Bertz CT molecular complexity index is 613. The molecule has 0 unspecified atom stereocenters. The Morgan fingerprint density at radius 1 is 1.19 bits per heavy atom. The first kappa shape index (κ1) is 15.5. The summed E-state index contributed by atoms with van der Waals surface area (Å²) in [5, 5.41) is 3.37. The Balaban J connectivity index is 2.58. The van der Waals surface area contributed by atoms with E-state index in [1.165, 1.54) is 5.56 Å². The zero-order valence-electron chi connectivity index (χ0n) is 13.8. The van der Waals surface area contributed by atoms with Crippen LogP contribution in [0.15, 0.2) is 12.5 Å². The van der Waals surface area contributed by atoms with Gasteiger partial charge in [0.15, 0.2) is 5.82 Å². The first-order chi connectivity index (χ1) is 9.95. The van der Waals surface area contributed by atoms with E-state index < -0.39 is 0 Å². The minimum atomic E-state index is 0.332. The molecule has 0 bridgehead atoms. The Morgan fingerprint density at radius 3 is 2.48 bits per heavy atom. The predicted molar refractivity (Wildman–Crippen MR) is 86.6 cm³/mol. The molecular formula is C16H25N5. The lowest BCUT2D eigenvalue weighted by Gasteiger charge is -2.17. The van der Waals surface area contributed by atoms with Crippen molar-refractivity contribution in [2.24, 2.45) is 0 Å². The maximum absolute atomic E-state index is 4.75. The molecule has 0 radical (unpaired) electrons. The van der Waals surface area contributed by atoms with Crippen molar-refractivity contribution in [1.82, 2.24) is 19.5 Å². The third-order valence-electron chi connectivity index (χ3n) is 3.51. The van der Waals surface area contributed by atoms with Crippen LogP contribution in [0.4, 0.5) is 5.82 Å². The average molecular weight is 287 g/mol. The summed E-state index contributed by atoms with van der Waals surface area (Å²) < 4.78 is 2.10. The summed E-state index contributed by atoms with van der Waals surface area (Å²) in [7, 11) is 0. The summed E-state index contributed by atoms with van der Waals surface area (Å²) in [6.07, 6.45) is 3.67. The van der Waals surface area contributed by atoms with Crippen LogP contribution in [-0.4, -0.2) is 26.1 Å². The Kier molecular flexibility index (Phi) is 4.60. The number of aromatic nitrogens is 4. The van der Waals surface area contributed by atoms with E-state index in [0.29, 0.717) is 12.0 Å². The molecule has 0 aliphatic carbocycles. The lowest BCUT2D eigenvalue weighted by Crippen LogP contribution is -2.11. The molecule has 0 fully saturated rings. The number of anilines is 1. The highest BCUT2D eigenvalue weighted by Gasteiger charge is 2.17. The summed E-state index contributed by atoms with van der Waals surface area (Å²) >= 11 is 0. The molecule has 0 aromatic carbocycles. The number of rotatable bonds is 5. The first-order valence-electron chi connectivity index (χ1n) is 7.60. The van der Waals surface area contributed by atoms with Gasteiger partial charge in [-0.1, -0.05) is 13.8 Å². The maximum Gasteiger partial charge on any atom is 0.180 e. The van der Waals surface area contributed by atoms with Crippen LogP contribution in [0.5, 0.6) is 0 Å². The first-order valence-corrected chi connectivity index (χ1v) is 7.60. The predicted octanol–water partition coefficient (Wildman–Crippen LogP) is 3.78. The normalized spacial score (nSPS) is 11.4. The van der Waals surface area contributed by atoms with Crippen LogP contribution in [0.2, 0.25) is 0 Å². The SMILES string of the molecule is CCNc1nc(-c2cncn2C(C)C)nc(C)c1C(C)C. The van der Waals surface area contributed by atoms with E-state index in [1.54, 1.807) is 0 Å². The molecule has 5 heteroatoms. The molecule has 0 aliphatic rings. The largest absolute Gasteiger partial charge is 0.370 e. The molecule has 5 nitrogen and oxygen atoms in total. The third-order valence-corrected chi connectivity index (χ3v) is 3.51. The van der Waals surface area contributed by atoms with Crippen LogP contribution in [0.1, 0.15) is 57.8 Å². The molecule has 2 rings (SSSR count). The molecule has 2 heterocycles. The van der Waals surface area contributed by atoms with Crippen LogP contribution in [0, 0.1) is 6.92 Å². The maximum atomic E-state index is 4.75. The van der Waals surface area contributed by atoms with E-state index >= 15 is 0 Å². The van der Waals surface area contributed by atoms with E-state index in [0.717, 1.165) is 29.6 Å². The van der Waals surface area contributed by atoms with Gasteiger partial charge in [-0.05, 0) is 33.6 Å². The molecule has 2 aromatic rings. The molecule has 21 heavy (non-hydrogen) atoms. The molecule has 0 spiro atoms. The summed E-state index contributed by atoms with van der Waals surface area (Å²) in [6, 6.07) is 0.332. The fraction of sp³-hybridized carbons (Fsp3) is 0.562. The second-order valence-corrected chi connectivity index (χ2v) is 5.86. The van der Waals surface area contributed by atoms with E-state index in [2.05, 4.69) is 56.4 Å². The quantitative estimate of drug-likeness (QED) is 0.909. The van der Waals surface area contributed by atoms with Gasteiger partial charge in [-0.3, -0.25) is 0 Å². The zero-order valence-corrected chi connectivity index (χ0v) is 13.8. The Hall–Kier alpha value is -1.91. The van der Waals surface area contributed by atoms with Gasteiger partial charge in [-0.25, -0.2) is 15.0 Å². The van der Waals surface area contributed by atoms with Gasteiger partial charge >= 0.3 is 0 Å². The highest BCUT2D eigenvalue weighted by atomic mass is 15.1. The van der Waals surface area contributed by atoms with Crippen LogP contribution in [-0.2, 0) is 0 Å². The van der Waals surface area contributed by atoms with Crippen molar-refractivity contribution in [3.8, 4) is 11.5 Å². The summed E-state index contributed by atoms with van der Waals surface area (Å²) in [5.74, 6) is 2.06. The fourth-order valence-electron chi connectivity index (χ4n) is 2.58. The number of hydrogen-bond donors (Lipinski definition) is 1. The van der Waals surface area contributed by atoms with Crippen molar-refractivity contribution in [2.75, 3.05) is 11.9 Å². The van der Waals surface area contributed by atoms with Crippen LogP contribution in [0.3, 0.4) is 0 Å². The Morgan fingerprint density at radius 2 is 1.90 bits per heavy atom. The van der Waals surface area contributed by atoms with Gasteiger partial charge < -0.3 is 9.88 Å². The standard InChI is InChI=1S/C16H25N5/c1-7-18-16-14(10(2)3)12(6)19-15(20-16)13-8-17-9-21(13)11(4)5/h8-11H,7H2,1-6H3,(H,18,19,20). The number of imidazole rings is 1. The van der Waals surface area contributed by atoms with Crippen molar-refractivity contribution in [3.63, 3.8) is 0 Å². The molecule has 0 atom stereocenters. The fourth-order valence-corrected chi connectivity index (χ4v) is 2.58. The highest BCUT2D eigenvalue weighted by Crippen LogP contribution is 2.28. The monoisotopic (exact) mass is 287 g/mol. The zero-order chi connectivity index (χ0) is 15.6. The van der Waals surface area contributed by atoms with Crippen LogP contribution < -0.4 is 5.32 Å². The van der Waals surface area contributed by atoms with Crippen molar-refractivity contribution in [1.29, 1.82) is 0 Å². The Labute approximate surface area is 126 Å². The van der Waals surface area contributed by atoms with E-state index in [1.807, 2.05) is 12.5 Å². The number of hydrogen-bond acceptors (Lipinski definition) is 4. The summed E-state index contributed by atoms with van der Waals surface area (Å²) in [4.78, 5) is 13.7. The highest BCUT2D eigenvalue weighted by molar-refractivity contribution is 5.57. The lowest BCUT2D eigenvalue weighted by molar-refractivity contribution is 0.603. The van der Waals surface area contributed by atoms with Crippen LogP contribution >= 0.6 is 0 Å². The molecule has 0 saturated carbocycles. The van der Waals surface area contributed by atoms with Crippen molar-refractivity contribution in [2.45, 2.75) is 53.5 Å². The summed E-state index contributed by atoms with van der Waals surface area (Å²) in [5.41, 5.74) is 3.18. The average Bonchev–Trinajstić information content (AvgIpc) is 2.87. The molecule has 0 amide bonds. The number of nitrogens with zero attached hydrogens (tertiary/aromatic N) is 4. The van der Waals surface area contributed by atoms with E-state index in [-0.39, 0.29) is 0 Å². The molecule has 0 saturated heterocycles. The van der Waals surface area contributed by atoms with Gasteiger partial charge in [0.25, 0.3) is 0 Å². The second-order valence-electron chi connectivity index (χ2n) is 5.86. The van der Waals surface area contributed by atoms with Crippen molar-refractivity contribution >= 4 is 5.82 Å². The second kappa shape index (κ2) is 6.24. The smallest absolute Gasteiger partial charge is 0.180 e. The van der Waals surface area contributed by atoms with Gasteiger partial charge in [0, 0.05) is 23.8 Å². The topological polar surface area (TPSA) is 55.6 Å². The minimum absolute atomic E-state index is 0.332. The third kappa shape index (κ3) is 3.06.